The van der Waals surface area contributed by atoms with Gasteiger partial charge in [0.05, 0.1) is 15.8 Å². The van der Waals surface area contributed by atoms with Gasteiger partial charge < -0.3 is 15.4 Å². The molecule has 0 unspecified atom stereocenters. The van der Waals surface area contributed by atoms with Crippen molar-refractivity contribution < 1.29 is 19.1 Å². The van der Waals surface area contributed by atoms with Crippen LogP contribution in [-0.4, -0.2) is 45.7 Å². The van der Waals surface area contributed by atoms with Crippen molar-refractivity contribution in [2.24, 2.45) is 0 Å². The van der Waals surface area contributed by atoms with E-state index >= 15 is 0 Å². The zero-order valence-corrected chi connectivity index (χ0v) is 26.8. The molecular formula is C36H37N5O4S. The van der Waals surface area contributed by atoms with E-state index in [-0.39, 0.29) is 24.2 Å². The summed E-state index contributed by atoms with van der Waals surface area (Å²) in [5.41, 5.74) is 2.75. The van der Waals surface area contributed by atoms with Gasteiger partial charge in [-0.3, -0.25) is 14.5 Å². The lowest BCUT2D eigenvalue weighted by atomic mass is 9.94. The van der Waals surface area contributed by atoms with Crippen molar-refractivity contribution in [1.82, 2.24) is 20.0 Å². The Kier molecular flexibility index (Phi) is 9.28. The Morgan fingerprint density at radius 1 is 0.848 bits per heavy atom. The molecule has 236 valence electrons. The predicted octanol–water partition coefficient (Wildman–Crippen LogP) is 7.19. The lowest BCUT2D eigenvalue weighted by molar-refractivity contribution is 0.0915. The summed E-state index contributed by atoms with van der Waals surface area (Å²) in [7, 11) is 0. The summed E-state index contributed by atoms with van der Waals surface area (Å²) in [6, 6.07) is 28.2. The van der Waals surface area contributed by atoms with Crippen LogP contribution in [-0.2, 0) is 23.4 Å². The third-order valence-electron chi connectivity index (χ3n) is 8.19. The summed E-state index contributed by atoms with van der Waals surface area (Å²) >= 11 is 1.11. The minimum Gasteiger partial charge on any atom is -0.443 e. The van der Waals surface area contributed by atoms with Gasteiger partial charge in [0.1, 0.15) is 11.4 Å². The summed E-state index contributed by atoms with van der Waals surface area (Å²) < 4.78 is 6.67. The second-order valence-electron chi connectivity index (χ2n) is 12.1. The molecule has 0 spiro atoms. The van der Waals surface area contributed by atoms with Crippen LogP contribution in [0.1, 0.15) is 69.8 Å². The highest BCUT2D eigenvalue weighted by molar-refractivity contribution is 7.20. The Bertz CT molecular complexity index is 1830. The summed E-state index contributed by atoms with van der Waals surface area (Å²) in [4.78, 5) is 43.3. The molecule has 1 fully saturated rings. The number of anilines is 1. The first kappa shape index (κ1) is 31.2. The van der Waals surface area contributed by atoms with E-state index in [1.54, 1.807) is 18.2 Å². The SMILES string of the molecule is CC(C)(NC(=O)c1cc2c(NC(=O)c3ccc(CN4CCCCC4)cc3)nn(C(=O)OCc3ccccc3)c2s1)c1ccccc1. The molecule has 3 aromatic carbocycles. The average molecular weight is 636 g/mol. The second-order valence-corrected chi connectivity index (χ2v) is 13.1. The smallest absolute Gasteiger partial charge is 0.436 e. The largest absolute Gasteiger partial charge is 0.443 e. The van der Waals surface area contributed by atoms with Crippen molar-refractivity contribution in [3.05, 3.63) is 118 Å². The van der Waals surface area contributed by atoms with Gasteiger partial charge in [-0.15, -0.1) is 16.4 Å². The fourth-order valence-electron chi connectivity index (χ4n) is 5.61. The summed E-state index contributed by atoms with van der Waals surface area (Å²) in [5, 5.41) is 10.9. The van der Waals surface area contributed by atoms with Crippen LogP contribution in [0.5, 0.6) is 0 Å². The number of amides is 2. The predicted molar refractivity (Wildman–Crippen MR) is 180 cm³/mol. The molecule has 0 bridgehead atoms. The van der Waals surface area contributed by atoms with Crippen molar-refractivity contribution in [1.29, 1.82) is 0 Å². The summed E-state index contributed by atoms with van der Waals surface area (Å²) in [5.74, 6) is -0.497. The third-order valence-corrected chi connectivity index (χ3v) is 9.30. The first-order chi connectivity index (χ1) is 22.3. The number of fused-ring (bicyclic) bond motifs is 1. The number of nitrogens with one attached hydrogen (secondary N) is 2. The van der Waals surface area contributed by atoms with Crippen LogP contribution >= 0.6 is 11.3 Å². The van der Waals surface area contributed by atoms with Gasteiger partial charge in [-0.2, -0.15) is 4.68 Å². The molecule has 1 saturated heterocycles. The van der Waals surface area contributed by atoms with Gasteiger partial charge in [0.2, 0.25) is 0 Å². The van der Waals surface area contributed by atoms with Gasteiger partial charge in [0, 0.05) is 12.1 Å². The molecule has 10 heteroatoms. The number of benzene rings is 3. The first-order valence-electron chi connectivity index (χ1n) is 15.5. The van der Waals surface area contributed by atoms with Gasteiger partial charge >= 0.3 is 6.09 Å². The minimum atomic E-state index is -0.713. The number of piperidine rings is 1. The number of ether oxygens (including phenoxy) is 1. The van der Waals surface area contributed by atoms with Crippen molar-refractivity contribution in [3.63, 3.8) is 0 Å². The highest BCUT2D eigenvalue weighted by Crippen LogP contribution is 2.33. The Morgan fingerprint density at radius 2 is 1.52 bits per heavy atom. The van der Waals surface area contributed by atoms with Crippen LogP contribution in [0, 0.1) is 0 Å². The van der Waals surface area contributed by atoms with Crippen LogP contribution in [0.4, 0.5) is 10.6 Å². The second kappa shape index (κ2) is 13.7. The molecule has 9 nitrogen and oxygen atoms in total. The molecule has 6 rings (SSSR count). The Hall–Kier alpha value is -4.80. The number of likely N-dealkylation sites (tertiary alicyclic amines) is 1. The number of rotatable bonds is 9. The molecule has 1 aliphatic heterocycles. The van der Waals surface area contributed by atoms with Crippen LogP contribution in [0.15, 0.2) is 91.0 Å². The molecule has 0 atom stereocenters. The van der Waals surface area contributed by atoms with Gasteiger partial charge in [0.15, 0.2) is 5.82 Å². The number of hydrogen-bond donors (Lipinski definition) is 2. The fraction of sp³-hybridized carbons (Fsp3) is 0.278. The summed E-state index contributed by atoms with van der Waals surface area (Å²) in [6.45, 7) is 6.97. The Balaban J connectivity index is 1.24. The molecule has 3 heterocycles. The van der Waals surface area contributed by atoms with Crippen molar-refractivity contribution in [2.75, 3.05) is 18.4 Å². The van der Waals surface area contributed by atoms with Gasteiger partial charge in [-0.25, -0.2) is 4.79 Å². The zero-order chi connectivity index (χ0) is 32.1. The minimum absolute atomic E-state index is 0.0521. The van der Waals surface area contributed by atoms with Crippen LogP contribution < -0.4 is 10.6 Å². The van der Waals surface area contributed by atoms with E-state index in [0.29, 0.717) is 20.7 Å². The number of nitrogens with zero attached hydrogens (tertiary/aromatic N) is 3. The average Bonchev–Trinajstić information content (AvgIpc) is 3.66. The molecule has 1 aliphatic rings. The van der Waals surface area contributed by atoms with Crippen LogP contribution in [0.2, 0.25) is 0 Å². The lowest BCUT2D eigenvalue weighted by Gasteiger charge is -2.26. The molecule has 5 aromatic rings. The lowest BCUT2D eigenvalue weighted by Crippen LogP contribution is -2.40. The van der Waals surface area contributed by atoms with Gasteiger partial charge in [0.25, 0.3) is 11.8 Å². The quantitative estimate of drug-likeness (QED) is 0.178. The van der Waals surface area contributed by atoms with Gasteiger partial charge in [-0.05, 0) is 74.7 Å². The monoisotopic (exact) mass is 635 g/mol. The van der Waals surface area contributed by atoms with E-state index in [9.17, 15) is 14.4 Å². The molecule has 2 N–H and O–H groups in total. The van der Waals surface area contributed by atoms with Crippen molar-refractivity contribution in [2.45, 2.75) is 51.8 Å². The van der Waals surface area contributed by atoms with Crippen LogP contribution in [0.25, 0.3) is 10.2 Å². The van der Waals surface area contributed by atoms with E-state index in [1.165, 1.54) is 19.3 Å². The maximum Gasteiger partial charge on any atom is 0.436 e. The topological polar surface area (TPSA) is 106 Å². The Morgan fingerprint density at radius 3 is 2.22 bits per heavy atom. The standard InChI is InChI=1S/C36H37N5O4S/c1-36(2,28-14-8-4-9-15-28)38-33(43)30-22-29-31(39-41(34(29)46-30)35(44)45-24-26-12-6-3-7-13-26)37-32(42)27-18-16-25(17-19-27)23-40-20-10-5-11-21-40/h3-4,6-9,12-19,22H,5,10-11,20-21,23-24H2,1-2H3,(H,38,43)(H,37,39,42). The number of carbonyl (C=O) groups excluding carboxylic acids is 3. The van der Waals surface area contributed by atoms with Crippen molar-refractivity contribution >= 4 is 45.3 Å². The molecule has 0 radical (unpaired) electrons. The number of aromatic nitrogens is 2. The normalized spacial score (nSPS) is 13.8. The summed E-state index contributed by atoms with van der Waals surface area (Å²) in [6.07, 6.45) is 3.01. The molecule has 2 amide bonds. The number of carbonyl (C=O) groups is 3. The maximum atomic E-state index is 13.5. The first-order valence-corrected chi connectivity index (χ1v) is 16.3. The number of hydrogen-bond acceptors (Lipinski definition) is 7. The van der Waals surface area contributed by atoms with Gasteiger partial charge in [-0.1, -0.05) is 79.2 Å². The number of thiophene rings is 1. The molecule has 2 aromatic heterocycles. The molecule has 0 aliphatic carbocycles. The van der Waals surface area contributed by atoms with E-state index in [1.807, 2.05) is 86.6 Å². The van der Waals surface area contributed by atoms with E-state index in [0.717, 1.165) is 52.3 Å². The highest BCUT2D eigenvalue weighted by Gasteiger charge is 2.27. The fourth-order valence-corrected chi connectivity index (χ4v) is 6.60. The highest BCUT2D eigenvalue weighted by atomic mass is 32.1. The van der Waals surface area contributed by atoms with E-state index < -0.39 is 11.6 Å². The Labute approximate surface area is 272 Å². The third kappa shape index (κ3) is 7.19. The molecule has 46 heavy (non-hydrogen) atoms. The molecular weight excluding hydrogens is 598 g/mol. The van der Waals surface area contributed by atoms with E-state index in [2.05, 4.69) is 20.6 Å². The molecule has 0 saturated carbocycles. The maximum absolute atomic E-state index is 13.5. The zero-order valence-electron chi connectivity index (χ0n) is 26.0. The van der Waals surface area contributed by atoms with E-state index in [4.69, 9.17) is 4.74 Å². The van der Waals surface area contributed by atoms with Crippen molar-refractivity contribution in [3.8, 4) is 0 Å². The van der Waals surface area contributed by atoms with Crippen LogP contribution in [0.3, 0.4) is 0 Å².